The summed E-state index contributed by atoms with van der Waals surface area (Å²) in [5, 5.41) is 2.85. The minimum Gasteiger partial charge on any atom is -0.494 e. The Morgan fingerprint density at radius 1 is 1.32 bits per heavy atom. The van der Waals surface area contributed by atoms with Crippen LogP contribution in [0.2, 0.25) is 0 Å². The van der Waals surface area contributed by atoms with Gasteiger partial charge in [0.2, 0.25) is 0 Å². The lowest BCUT2D eigenvalue weighted by atomic mass is 10.1. The molecule has 1 aromatic carbocycles. The fourth-order valence-corrected chi connectivity index (χ4v) is 1.65. The van der Waals surface area contributed by atoms with Gasteiger partial charge in [0, 0.05) is 30.0 Å². The van der Waals surface area contributed by atoms with Gasteiger partial charge in [-0.05, 0) is 32.9 Å². The second-order valence-electron chi connectivity index (χ2n) is 4.26. The molecule has 0 radical (unpaired) electrons. The van der Waals surface area contributed by atoms with Gasteiger partial charge >= 0.3 is 0 Å². The third-order valence-electron chi connectivity index (χ3n) is 2.45. The molecule has 1 atom stereocenters. The smallest absolute Gasteiger partial charge is 0.251 e. The Morgan fingerprint density at radius 2 is 2.05 bits per heavy atom. The molecule has 0 aliphatic heterocycles. The van der Waals surface area contributed by atoms with E-state index in [-0.39, 0.29) is 11.9 Å². The maximum Gasteiger partial charge on any atom is 0.251 e. The van der Waals surface area contributed by atoms with Crippen LogP contribution in [0.1, 0.15) is 31.1 Å². The Kier molecular flexibility index (Phi) is 6.15. The number of amides is 1. The van der Waals surface area contributed by atoms with Crippen molar-refractivity contribution in [2.75, 3.05) is 25.6 Å². The number of rotatable bonds is 7. The molecule has 0 fully saturated rings. The van der Waals surface area contributed by atoms with Crippen LogP contribution in [0.3, 0.4) is 0 Å². The third-order valence-corrected chi connectivity index (χ3v) is 2.45. The number of hydrogen-bond donors (Lipinski definition) is 2. The Labute approximate surface area is 114 Å². The molecule has 0 spiro atoms. The minimum atomic E-state index is -0.180. The molecule has 1 amide bonds. The molecule has 19 heavy (non-hydrogen) atoms. The zero-order valence-electron chi connectivity index (χ0n) is 11.7. The van der Waals surface area contributed by atoms with Crippen molar-refractivity contribution in [3.63, 3.8) is 0 Å². The van der Waals surface area contributed by atoms with Gasteiger partial charge in [0.25, 0.3) is 5.91 Å². The van der Waals surface area contributed by atoms with Gasteiger partial charge in [-0.3, -0.25) is 4.79 Å². The zero-order chi connectivity index (χ0) is 14.3. The largest absolute Gasteiger partial charge is 0.494 e. The molecule has 0 bridgehead atoms. The SMILES string of the molecule is CCOCC(C)NC(=O)c1cc(N)cc(OCC)c1. The Balaban J connectivity index is 2.70. The number of nitrogens with two attached hydrogens (primary N) is 1. The summed E-state index contributed by atoms with van der Waals surface area (Å²) in [6, 6.07) is 4.96. The van der Waals surface area contributed by atoms with Crippen molar-refractivity contribution < 1.29 is 14.3 Å². The van der Waals surface area contributed by atoms with Crippen molar-refractivity contribution in [2.24, 2.45) is 0 Å². The highest BCUT2D eigenvalue weighted by Crippen LogP contribution is 2.19. The molecule has 5 heteroatoms. The van der Waals surface area contributed by atoms with Crippen molar-refractivity contribution in [2.45, 2.75) is 26.8 Å². The first-order valence-corrected chi connectivity index (χ1v) is 6.48. The molecule has 0 aliphatic rings. The minimum absolute atomic E-state index is 0.0515. The van der Waals surface area contributed by atoms with E-state index >= 15 is 0 Å². The standard InChI is InChI=1S/C14H22N2O3/c1-4-18-9-10(3)16-14(17)11-6-12(15)8-13(7-11)19-5-2/h6-8,10H,4-5,9,15H2,1-3H3,(H,16,17). The van der Waals surface area contributed by atoms with E-state index in [1.165, 1.54) is 0 Å². The Hall–Kier alpha value is -1.75. The summed E-state index contributed by atoms with van der Waals surface area (Å²) in [5.41, 5.74) is 6.75. The molecule has 106 valence electrons. The van der Waals surface area contributed by atoms with E-state index in [9.17, 15) is 4.79 Å². The number of carbonyl (C=O) groups excluding carboxylic acids is 1. The lowest BCUT2D eigenvalue weighted by Crippen LogP contribution is -2.35. The number of hydrogen-bond acceptors (Lipinski definition) is 4. The summed E-state index contributed by atoms with van der Waals surface area (Å²) in [5.74, 6) is 0.422. The van der Waals surface area contributed by atoms with E-state index < -0.39 is 0 Å². The van der Waals surface area contributed by atoms with Crippen molar-refractivity contribution in [3.8, 4) is 5.75 Å². The van der Waals surface area contributed by atoms with Gasteiger partial charge in [0.1, 0.15) is 5.75 Å². The van der Waals surface area contributed by atoms with Gasteiger partial charge in [-0.15, -0.1) is 0 Å². The van der Waals surface area contributed by atoms with Crippen LogP contribution in [0.15, 0.2) is 18.2 Å². The van der Waals surface area contributed by atoms with Crippen LogP contribution in [-0.4, -0.2) is 31.8 Å². The number of anilines is 1. The van der Waals surface area contributed by atoms with E-state index in [1.54, 1.807) is 18.2 Å². The average Bonchev–Trinajstić information content (AvgIpc) is 2.36. The summed E-state index contributed by atoms with van der Waals surface area (Å²) in [4.78, 5) is 12.0. The van der Waals surface area contributed by atoms with Gasteiger partial charge in [-0.2, -0.15) is 0 Å². The number of benzene rings is 1. The van der Waals surface area contributed by atoms with E-state index in [0.29, 0.717) is 36.8 Å². The maximum absolute atomic E-state index is 12.0. The van der Waals surface area contributed by atoms with E-state index in [0.717, 1.165) is 0 Å². The van der Waals surface area contributed by atoms with E-state index in [2.05, 4.69) is 5.32 Å². The van der Waals surface area contributed by atoms with Crippen LogP contribution in [0.5, 0.6) is 5.75 Å². The quantitative estimate of drug-likeness (QED) is 0.738. The number of nitrogen functional groups attached to an aromatic ring is 1. The Bertz CT molecular complexity index is 421. The van der Waals surface area contributed by atoms with Gasteiger partial charge in [0.05, 0.1) is 13.2 Å². The van der Waals surface area contributed by atoms with Crippen molar-refractivity contribution in [1.29, 1.82) is 0 Å². The fraction of sp³-hybridized carbons (Fsp3) is 0.500. The van der Waals surface area contributed by atoms with Crippen LogP contribution in [0.4, 0.5) is 5.69 Å². The lowest BCUT2D eigenvalue weighted by Gasteiger charge is -2.14. The second-order valence-corrected chi connectivity index (χ2v) is 4.26. The van der Waals surface area contributed by atoms with Crippen LogP contribution in [0.25, 0.3) is 0 Å². The van der Waals surface area contributed by atoms with Crippen LogP contribution in [0, 0.1) is 0 Å². The highest BCUT2D eigenvalue weighted by molar-refractivity contribution is 5.95. The van der Waals surface area contributed by atoms with Crippen molar-refractivity contribution in [3.05, 3.63) is 23.8 Å². The number of nitrogens with one attached hydrogen (secondary N) is 1. The molecule has 0 heterocycles. The van der Waals surface area contributed by atoms with Crippen molar-refractivity contribution >= 4 is 11.6 Å². The molecule has 1 aromatic rings. The Morgan fingerprint density at radius 3 is 2.68 bits per heavy atom. The molecular formula is C14H22N2O3. The summed E-state index contributed by atoms with van der Waals surface area (Å²) in [7, 11) is 0. The van der Waals surface area contributed by atoms with Gasteiger partial charge < -0.3 is 20.5 Å². The first-order chi connectivity index (χ1) is 9.06. The average molecular weight is 266 g/mol. The summed E-state index contributed by atoms with van der Waals surface area (Å²) in [6.45, 7) is 7.35. The summed E-state index contributed by atoms with van der Waals surface area (Å²) in [6.07, 6.45) is 0. The maximum atomic E-state index is 12.0. The van der Waals surface area contributed by atoms with Crippen LogP contribution >= 0.6 is 0 Å². The predicted molar refractivity (Wildman–Crippen MR) is 75.4 cm³/mol. The summed E-state index contributed by atoms with van der Waals surface area (Å²) >= 11 is 0. The lowest BCUT2D eigenvalue weighted by molar-refractivity contribution is 0.0871. The number of ether oxygens (including phenoxy) is 2. The van der Waals surface area contributed by atoms with Gasteiger partial charge in [0.15, 0.2) is 0 Å². The zero-order valence-corrected chi connectivity index (χ0v) is 11.7. The predicted octanol–water partition coefficient (Wildman–Crippen LogP) is 1.82. The highest BCUT2D eigenvalue weighted by Gasteiger charge is 2.11. The molecule has 0 saturated carbocycles. The second kappa shape index (κ2) is 7.63. The first kappa shape index (κ1) is 15.3. The normalized spacial score (nSPS) is 11.9. The molecule has 1 rings (SSSR count). The molecule has 0 aliphatic carbocycles. The van der Waals surface area contributed by atoms with E-state index in [4.69, 9.17) is 15.2 Å². The monoisotopic (exact) mass is 266 g/mol. The molecule has 5 nitrogen and oxygen atoms in total. The van der Waals surface area contributed by atoms with Crippen LogP contribution < -0.4 is 15.8 Å². The molecular weight excluding hydrogens is 244 g/mol. The number of carbonyl (C=O) groups is 1. The summed E-state index contributed by atoms with van der Waals surface area (Å²) < 4.78 is 10.6. The molecule has 0 aromatic heterocycles. The molecule has 1 unspecified atom stereocenters. The molecule has 3 N–H and O–H groups in total. The van der Waals surface area contributed by atoms with Crippen LogP contribution in [-0.2, 0) is 4.74 Å². The fourth-order valence-electron chi connectivity index (χ4n) is 1.65. The topological polar surface area (TPSA) is 73.6 Å². The van der Waals surface area contributed by atoms with Gasteiger partial charge in [-0.1, -0.05) is 0 Å². The third kappa shape index (κ3) is 5.18. The van der Waals surface area contributed by atoms with Crippen molar-refractivity contribution in [1.82, 2.24) is 5.32 Å². The van der Waals surface area contributed by atoms with E-state index in [1.807, 2.05) is 20.8 Å². The highest BCUT2D eigenvalue weighted by atomic mass is 16.5. The van der Waals surface area contributed by atoms with Gasteiger partial charge in [-0.25, -0.2) is 0 Å². The molecule has 0 saturated heterocycles. The first-order valence-electron chi connectivity index (χ1n) is 6.48.